The van der Waals surface area contributed by atoms with E-state index >= 15 is 0 Å². The maximum absolute atomic E-state index is 12.9. The molecule has 2 aliphatic heterocycles. The van der Waals surface area contributed by atoms with Crippen LogP contribution in [0, 0.1) is 0 Å². The second-order valence-corrected chi connectivity index (χ2v) is 9.73. The number of nitrogens with zero attached hydrogens (tertiary/aromatic N) is 2. The minimum absolute atomic E-state index is 0.0860. The first kappa shape index (κ1) is 23.3. The van der Waals surface area contributed by atoms with Crippen molar-refractivity contribution in [3.05, 3.63) is 41.3 Å². The van der Waals surface area contributed by atoms with E-state index in [0.717, 1.165) is 59.5 Å². The van der Waals surface area contributed by atoms with Crippen LogP contribution in [0.1, 0.15) is 28.9 Å². The zero-order valence-electron chi connectivity index (χ0n) is 18.1. The van der Waals surface area contributed by atoms with Gasteiger partial charge in [-0.1, -0.05) is 42.1 Å². The van der Waals surface area contributed by atoms with Gasteiger partial charge in [0.25, 0.3) is 17.1 Å². The SMILES string of the molecule is O=C(NCCN1C(=O)CSC1=O)c1sc(-c2ccccc2)cc1OCC(=O)N1CCCCC1. The lowest BCUT2D eigenvalue weighted by Crippen LogP contribution is -2.39. The van der Waals surface area contributed by atoms with Crippen LogP contribution in [0.5, 0.6) is 5.75 Å². The summed E-state index contributed by atoms with van der Waals surface area (Å²) in [7, 11) is 0. The minimum atomic E-state index is -0.366. The molecule has 33 heavy (non-hydrogen) atoms. The Morgan fingerprint density at radius 3 is 2.52 bits per heavy atom. The van der Waals surface area contributed by atoms with Gasteiger partial charge in [-0.15, -0.1) is 11.3 Å². The fraction of sp³-hybridized carbons (Fsp3) is 0.391. The summed E-state index contributed by atoms with van der Waals surface area (Å²) in [6.07, 6.45) is 3.13. The van der Waals surface area contributed by atoms with E-state index < -0.39 is 0 Å². The molecule has 2 aromatic rings. The third-order valence-corrected chi connectivity index (χ3v) is 7.51. The highest BCUT2D eigenvalue weighted by Gasteiger charge is 2.29. The van der Waals surface area contributed by atoms with Crippen LogP contribution in [0.15, 0.2) is 36.4 Å². The topological polar surface area (TPSA) is 96.0 Å². The van der Waals surface area contributed by atoms with Crippen LogP contribution >= 0.6 is 23.1 Å². The number of ether oxygens (including phenoxy) is 1. The van der Waals surface area contributed by atoms with E-state index in [1.165, 1.54) is 11.3 Å². The molecule has 0 aliphatic carbocycles. The lowest BCUT2D eigenvalue weighted by Gasteiger charge is -2.26. The molecule has 1 N–H and O–H groups in total. The van der Waals surface area contributed by atoms with Crippen LogP contribution in [0.25, 0.3) is 10.4 Å². The molecule has 4 amide bonds. The molecule has 2 saturated heterocycles. The van der Waals surface area contributed by atoms with Crippen LogP contribution in [0.3, 0.4) is 0 Å². The normalized spacial score (nSPS) is 16.2. The number of thioether (sulfide) groups is 1. The molecule has 0 spiro atoms. The first-order valence-corrected chi connectivity index (χ1v) is 12.7. The van der Waals surface area contributed by atoms with E-state index in [4.69, 9.17) is 4.74 Å². The van der Waals surface area contributed by atoms with E-state index in [-0.39, 0.29) is 48.4 Å². The first-order chi connectivity index (χ1) is 16.0. The molecule has 8 nitrogen and oxygen atoms in total. The fourth-order valence-electron chi connectivity index (χ4n) is 3.72. The Kier molecular flexibility index (Phi) is 7.66. The maximum atomic E-state index is 12.9. The van der Waals surface area contributed by atoms with Crippen LogP contribution in [0.2, 0.25) is 0 Å². The molecule has 1 aromatic heterocycles. The third kappa shape index (κ3) is 5.75. The van der Waals surface area contributed by atoms with Gasteiger partial charge in [-0.25, -0.2) is 0 Å². The zero-order chi connectivity index (χ0) is 23.2. The average molecular weight is 488 g/mol. The lowest BCUT2D eigenvalue weighted by atomic mass is 10.1. The first-order valence-electron chi connectivity index (χ1n) is 10.9. The molecular weight excluding hydrogens is 462 g/mol. The van der Waals surface area contributed by atoms with Gasteiger partial charge >= 0.3 is 0 Å². The molecule has 0 bridgehead atoms. The summed E-state index contributed by atoms with van der Waals surface area (Å²) in [5.41, 5.74) is 0.944. The van der Waals surface area contributed by atoms with E-state index in [9.17, 15) is 19.2 Å². The summed E-state index contributed by atoms with van der Waals surface area (Å²) in [5, 5.41) is 2.47. The van der Waals surface area contributed by atoms with Crippen molar-refractivity contribution in [3.63, 3.8) is 0 Å². The number of likely N-dealkylation sites (tertiary alicyclic amines) is 1. The lowest BCUT2D eigenvalue weighted by molar-refractivity contribution is -0.134. The molecule has 4 rings (SSSR count). The number of carbonyl (C=O) groups is 4. The van der Waals surface area contributed by atoms with Crippen LogP contribution in [-0.2, 0) is 9.59 Å². The Labute approximate surface area is 200 Å². The second-order valence-electron chi connectivity index (χ2n) is 7.76. The predicted octanol–water partition coefficient (Wildman–Crippen LogP) is 3.23. The second kappa shape index (κ2) is 10.8. The summed E-state index contributed by atoms with van der Waals surface area (Å²) < 4.78 is 5.83. The Morgan fingerprint density at radius 2 is 1.82 bits per heavy atom. The number of carbonyl (C=O) groups excluding carboxylic acids is 4. The minimum Gasteiger partial charge on any atom is -0.482 e. The van der Waals surface area contributed by atoms with Crippen molar-refractivity contribution in [1.82, 2.24) is 15.1 Å². The van der Waals surface area contributed by atoms with E-state index in [2.05, 4.69) is 5.32 Å². The number of piperidine rings is 1. The van der Waals surface area contributed by atoms with Gasteiger partial charge in [0, 0.05) is 31.1 Å². The quantitative estimate of drug-likeness (QED) is 0.614. The number of rotatable bonds is 8. The zero-order valence-corrected chi connectivity index (χ0v) is 19.7. The van der Waals surface area contributed by atoms with Crippen LogP contribution in [0.4, 0.5) is 4.79 Å². The number of thiophene rings is 1. The third-order valence-electron chi connectivity index (χ3n) is 5.48. The molecule has 174 valence electrons. The van der Waals surface area contributed by atoms with Gasteiger partial charge in [0.1, 0.15) is 10.6 Å². The van der Waals surface area contributed by atoms with Gasteiger partial charge in [-0.05, 0) is 30.9 Å². The van der Waals surface area contributed by atoms with Crippen molar-refractivity contribution < 1.29 is 23.9 Å². The molecule has 2 aliphatic rings. The van der Waals surface area contributed by atoms with Crippen molar-refractivity contribution in [2.24, 2.45) is 0 Å². The highest BCUT2D eigenvalue weighted by Crippen LogP contribution is 2.36. The monoisotopic (exact) mass is 487 g/mol. The summed E-state index contributed by atoms with van der Waals surface area (Å²) in [6.45, 7) is 1.61. The summed E-state index contributed by atoms with van der Waals surface area (Å²) in [4.78, 5) is 53.1. The molecule has 0 unspecified atom stereocenters. The Balaban J connectivity index is 1.44. The van der Waals surface area contributed by atoms with Gasteiger partial charge in [-0.3, -0.25) is 24.1 Å². The predicted molar refractivity (Wildman–Crippen MR) is 128 cm³/mol. The number of imide groups is 1. The van der Waals surface area contributed by atoms with Gasteiger partial charge in [0.15, 0.2) is 6.61 Å². The van der Waals surface area contributed by atoms with Crippen molar-refractivity contribution >= 4 is 46.1 Å². The van der Waals surface area contributed by atoms with E-state index in [1.54, 1.807) is 11.0 Å². The molecule has 10 heteroatoms. The number of nitrogens with one attached hydrogen (secondary N) is 1. The van der Waals surface area contributed by atoms with Crippen molar-refractivity contribution in [1.29, 1.82) is 0 Å². The summed E-state index contributed by atoms with van der Waals surface area (Å²) in [6, 6.07) is 11.4. The van der Waals surface area contributed by atoms with Gasteiger partial charge in [0.2, 0.25) is 5.91 Å². The molecule has 1 aromatic carbocycles. The highest BCUT2D eigenvalue weighted by molar-refractivity contribution is 8.14. The number of amides is 4. The van der Waals surface area contributed by atoms with Crippen LogP contribution < -0.4 is 10.1 Å². The average Bonchev–Trinajstić information content (AvgIpc) is 3.42. The molecule has 0 radical (unpaired) electrons. The van der Waals surface area contributed by atoms with Crippen molar-refractivity contribution in [2.75, 3.05) is 38.5 Å². The van der Waals surface area contributed by atoms with E-state index in [1.807, 2.05) is 30.3 Å². The molecule has 2 fully saturated rings. The fourth-order valence-corrected chi connectivity index (χ4v) is 5.49. The molecule has 0 atom stereocenters. The molecular formula is C23H25N3O5S2. The highest BCUT2D eigenvalue weighted by atomic mass is 32.2. The van der Waals surface area contributed by atoms with Crippen molar-refractivity contribution in [2.45, 2.75) is 19.3 Å². The van der Waals surface area contributed by atoms with Crippen LogP contribution in [-0.4, -0.2) is 71.3 Å². The summed E-state index contributed by atoms with van der Waals surface area (Å²) >= 11 is 2.24. The smallest absolute Gasteiger partial charge is 0.288 e. The standard InChI is InChI=1S/C23H25N3O5S2/c27-19(25-10-5-2-6-11-25)14-31-17-13-18(16-7-3-1-4-8-16)33-21(17)22(29)24-9-12-26-20(28)15-32-23(26)30/h1,3-4,7-8,13H,2,5-6,9-12,14-15H2,(H,24,29). The van der Waals surface area contributed by atoms with Gasteiger partial charge in [0.05, 0.1) is 5.75 Å². The summed E-state index contributed by atoms with van der Waals surface area (Å²) in [5.74, 6) is -0.208. The van der Waals surface area contributed by atoms with Gasteiger partial charge < -0.3 is 15.0 Å². The maximum Gasteiger partial charge on any atom is 0.288 e. The molecule has 0 saturated carbocycles. The largest absolute Gasteiger partial charge is 0.482 e. The molecule has 3 heterocycles. The van der Waals surface area contributed by atoms with Crippen molar-refractivity contribution in [3.8, 4) is 16.2 Å². The Morgan fingerprint density at radius 1 is 1.06 bits per heavy atom. The Bertz CT molecular complexity index is 1020. The number of benzene rings is 1. The van der Waals surface area contributed by atoms with E-state index in [0.29, 0.717) is 10.6 Å². The Hall–Kier alpha value is -2.85. The van der Waals surface area contributed by atoms with Gasteiger partial charge in [-0.2, -0.15) is 0 Å². The number of hydrogen-bond donors (Lipinski definition) is 1. The number of hydrogen-bond acceptors (Lipinski definition) is 7.